The lowest BCUT2D eigenvalue weighted by atomic mass is 9.65. The zero-order chi connectivity index (χ0) is 11.4. The van der Waals surface area contributed by atoms with Crippen LogP contribution in [0, 0.1) is 11.3 Å². The van der Waals surface area contributed by atoms with E-state index in [-0.39, 0.29) is 5.41 Å². The summed E-state index contributed by atoms with van der Waals surface area (Å²) in [5.74, 6) is 0.888. The van der Waals surface area contributed by atoms with Crippen molar-refractivity contribution in [1.29, 1.82) is 0 Å². The summed E-state index contributed by atoms with van der Waals surface area (Å²) in [6.45, 7) is 0.714. The van der Waals surface area contributed by atoms with E-state index in [0.29, 0.717) is 18.2 Å². The minimum atomic E-state index is 0.212. The third-order valence-electron chi connectivity index (χ3n) is 4.71. The van der Waals surface area contributed by atoms with E-state index in [1.807, 2.05) is 0 Å². The molecule has 0 heterocycles. The first-order valence-corrected chi connectivity index (χ1v) is 6.99. The summed E-state index contributed by atoms with van der Waals surface area (Å²) in [5, 5.41) is 0. The quantitative estimate of drug-likeness (QED) is 0.744. The van der Waals surface area contributed by atoms with Gasteiger partial charge in [0, 0.05) is 12.3 Å². The van der Waals surface area contributed by atoms with Crippen LogP contribution in [0.25, 0.3) is 0 Å². The fourth-order valence-corrected chi connectivity index (χ4v) is 3.25. The van der Waals surface area contributed by atoms with Crippen molar-refractivity contribution in [2.45, 2.75) is 64.2 Å². The molecular formula is C14H25NO. The van der Waals surface area contributed by atoms with Gasteiger partial charge in [0.2, 0.25) is 0 Å². The largest absolute Gasteiger partial charge is 0.330 e. The standard InChI is InChI=1S/C14H25NO/c15-11-14(8-5-9-14)10-13(16)12-6-3-1-2-4-7-12/h12H,1-11,15H2. The van der Waals surface area contributed by atoms with Gasteiger partial charge in [-0.1, -0.05) is 32.1 Å². The average molecular weight is 223 g/mol. The van der Waals surface area contributed by atoms with Crippen LogP contribution in [0.3, 0.4) is 0 Å². The second kappa shape index (κ2) is 5.31. The second-order valence-electron chi connectivity index (χ2n) is 5.89. The lowest BCUT2D eigenvalue weighted by Crippen LogP contribution is -2.40. The monoisotopic (exact) mass is 223 g/mol. The van der Waals surface area contributed by atoms with Gasteiger partial charge in [-0.2, -0.15) is 0 Å². The molecule has 2 aliphatic rings. The summed E-state index contributed by atoms with van der Waals surface area (Å²) in [4.78, 5) is 12.3. The number of nitrogens with two attached hydrogens (primary N) is 1. The van der Waals surface area contributed by atoms with Crippen LogP contribution < -0.4 is 5.73 Å². The van der Waals surface area contributed by atoms with E-state index in [4.69, 9.17) is 5.73 Å². The van der Waals surface area contributed by atoms with Crippen molar-refractivity contribution in [3.05, 3.63) is 0 Å². The van der Waals surface area contributed by atoms with Crippen LogP contribution in [0.4, 0.5) is 0 Å². The zero-order valence-electron chi connectivity index (χ0n) is 10.3. The molecule has 2 aliphatic carbocycles. The van der Waals surface area contributed by atoms with Crippen molar-refractivity contribution in [1.82, 2.24) is 0 Å². The Morgan fingerprint density at radius 3 is 2.12 bits per heavy atom. The molecule has 2 rings (SSSR count). The normalized spacial score (nSPS) is 25.8. The van der Waals surface area contributed by atoms with Crippen molar-refractivity contribution < 1.29 is 4.79 Å². The van der Waals surface area contributed by atoms with Gasteiger partial charge in [-0.15, -0.1) is 0 Å². The SMILES string of the molecule is NCC1(CC(=O)C2CCCCCC2)CCC1. The Morgan fingerprint density at radius 1 is 1.06 bits per heavy atom. The molecular weight excluding hydrogens is 198 g/mol. The van der Waals surface area contributed by atoms with Crippen LogP contribution in [0.1, 0.15) is 64.2 Å². The molecule has 2 saturated carbocycles. The summed E-state index contributed by atoms with van der Waals surface area (Å²) < 4.78 is 0. The van der Waals surface area contributed by atoms with E-state index in [2.05, 4.69) is 0 Å². The minimum absolute atomic E-state index is 0.212. The minimum Gasteiger partial charge on any atom is -0.330 e. The third-order valence-corrected chi connectivity index (χ3v) is 4.71. The molecule has 2 heteroatoms. The van der Waals surface area contributed by atoms with Gasteiger partial charge in [0.25, 0.3) is 0 Å². The van der Waals surface area contributed by atoms with Crippen molar-refractivity contribution >= 4 is 5.78 Å². The van der Waals surface area contributed by atoms with Crippen LogP contribution in [0.5, 0.6) is 0 Å². The highest BCUT2D eigenvalue weighted by molar-refractivity contribution is 5.81. The van der Waals surface area contributed by atoms with Crippen molar-refractivity contribution in [2.24, 2.45) is 17.1 Å². The number of hydrogen-bond donors (Lipinski definition) is 1. The molecule has 0 amide bonds. The summed E-state index contributed by atoms with van der Waals surface area (Å²) >= 11 is 0. The van der Waals surface area contributed by atoms with E-state index in [0.717, 1.165) is 19.3 Å². The van der Waals surface area contributed by atoms with E-state index in [9.17, 15) is 4.79 Å². The molecule has 0 aromatic rings. The van der Waals surface area contributed by atoms with Gasteiger partial charge in [-0.3, -0.25) is 4.79 Å². The Hall–Kier alpha value is -0.370. The van der Waals surface area contributed by atoms with Gasteiger partial charge in [0.1, 0.15) is 5.78 Å². The van der Waals surface area contributed by atoms with Gasteiger partial charge in [0.05, 0.1) is 0 Å². The number of Topliss-reactive ketones (excluding diaryl/α,β-unsaturated/α-hetero) is 1. The Morgan fingerprint density at radius 2 is 1.69 bits per heavy atom. The molecule has 0 aromatic heterocycles. The fraction of sp³-hybridized carbons (Fsp3) is 0.929. The van der Waals surface area contributed by atoms with Gasteiger partial charge in [0.15, 0.2) is 0 Å². The van der Waals surface area contributed by atoms with Crippen molar-refractivity contribution in [3.8, 4) is 0 Å². The van der Waals surface area contributed by atoms with Gasteiger partial charge in [-0.25, -0.2) is 0 Å². The van der Waals surface area contributed by atoms with Gasteiger partial charge < -0.3 is 5.73 Å². The topological polar surface area (TPSA) is 43.1 Å². The van der Waals surface area contributed by atoms with Crippen LogP contribution in [0.2, 0.25) is 0 Å². The molecule has 2 N–H and O–H groups in total. The molecule has 16 heavy (non-hydrogen) atoms. The lowest BCUT2D eigenvalue weighted by molar-refractivity contribution is -0.126. The van der Waals surface area contributed by atoms with Crippen LogP contribution in [-0.4, -0.2) is 12.3 Å². The summed E-state index contributed by atoms with van der Waals surface area (Å²) in [6.07, 6.45) is 11.8. The Balaban J connectivity index is 1.86. The number of carbonyl (C=O) groups is 1. The predicted molar refractivity (Wildman–Crippen MR) is 66.2 cm³/mol. The number of carbonyl (C=O) groups excluding carboxylic acids is 1. The Bertz CT molecular complexity index is 232. The zero-order valence-corrected chi connectivity index (χ0v) is 10.3. The molecule has 0 bridgehead atoms. The van der Waals surface area contributed by atoms with E-state index < -0.39 is 0 Å². The number of ketones is 1. The molecule has 0 aliphatic heterocycles. The van der Waals surface area contributed by atoms with Crippen LogP contribution in [-0.2, 0) is 4.79 Å². The predicted octanol–water partition coefficient (Wildman–Crippen LogP) is 3.05. The number of hydrogen-bond acceptors (Lipinski definition) is 2. The number of rotatable bonds is 4. The van der Waals surface area contributed by atoms with Gasteiger partial charge >= 0.3 is 0 Å². The van der Waals surface area contributed by atoms with Gasteiger partial charge in [-0.05, 0) is 37.6 Å². The molecule has 0 saturated heterocycles. The molecule has 0 atom stereocenters. The van der Waals surface area contributed by atoms with Crippen molar-refractivity contribution in [2.75, 3.05) is 6.54 Å². The molecule has 0 spiro atoms. The van der Waals surface area contributed by atoms with Crippen LogP contribution >= 0.6 is 0 Å². The van der Waals surface area contributed by atoms with E-state index in [1.54, 1.807) is 0 Å². The second-order valence-corrected chi connectivity index (χ2v) is 5.89. The third kappa shape index (κ3) is 2.65. The smallest absolute Gasteiger partial charge is 0.136 e. The lowest BCUT2D eigenvalue weighted by Gasteiger charge is -2.41. The summed E-state index contributed by atoms with van der Waals surface area (Å²) in [7, 11) is 0. The molecule has 92 valence electrons. The Labute approximate surface area is 99.0 Å². The first kappa shape index (κ1) is 12.1. The highest BCUT2D eigenvalue weighted by Crippen LogP contribution is 2.44. The highest BCUT2D eigenvalue weighted by atomic mass is 16.1. The Kier molecular flexibility index (Phi) is 4.01. The maximum absolute atomic E-state index is 12.3. The average Bonchev–Trinajstić information content (AvgIpc) is 2.51. The van der Waals surface area contributed by atoms with Crippen LogP contribution in [0.15, 0.2) is 0 Å². The first-order valence-electron chi connectivity index (χ1n) is 6.99. The highest BCUT2D eigenvalue weighted by Gasteiger charge is 2.38. The molecule has 2 fully saturated rings. The first-order chi connectivity index (χ1) is 7.76. The molecule has 2 nitrogen and oxygen atoms in total. The maximum Gasteiger partial charge on any atom is 0.136 e. The molecule has 0 unspecified atom stereocenters. The molecule has 0 aromatic carbocycles. The van der Waals surface area contributed by atoms with E-state index in [1.165, 1.54) is 44.9 Å². The summed E-state index contributed by atoms with van der Waals surface area (Å²) in [5.41, 5.74) is 6.04. The fourth-order valence-electron chi connectivity index (χ4n) is 3.25. The summed E-state index contributed by atoms with van der Waals surface area (Å²) in [6, 6.07) is 0. The van der Waals surface area contributed by atoms with Crippen molar-refractivity contribution in [3.63, 3.8) is 0 Å². The molecule has 0 radical (unpaired) electrons. The maximum atomic E-state index is 12.3. The van der Waals surface area contributed by atoms with E-state index >= 15 is 0 Å².